The number of ether oxygens (including phenoxy) is 4. The Hall–Kier alpha value is -4.29. The molecule has 0 radical (unpaired) electrons. The first-order valence-electron chi connectivity index (χ1n) is 11.6. The minimum Gasteiger partial charge on any atom is -0.465 e. The Kier molecular flexibility index (Phi) is 8.79. The quantitative estimate of drug-likeness (QED) is 0.328. The zero-order valence-corrected chi connectivity index (χ0v) is 20.6. The van der Waals surface area contributed by atoms with E-state index in [9.17, 15) is 9.59 Å². The lowest BCUT2D eigenvalue weighted by molar-refractivity contribution is 0.0600. The average molecular weight is 509 g/mol. The summed E-state index contributed by atoms with van der Waals surface area (Å²) >= 11 is 0. The highest BCUT2D eigenvalue weighted by atomic mass is 16.5. The summed E-state index contributed by atoms with van der Waals surface area (Å²) in [5.41, 5.74) is 2.24. The highest BCUT2D eigenvalue weighted by molar-refractivity contribution is 6.00. The van der Waals surface area contributed by atoms with E-state index in [-0.39, 0.29) is 6.01 Å². The van der Waals surface area contributed by atoms with Crippen LogP contribution in [-0.2, 0) is 14.2 Å². The molecule has 37 heavy (non-hydrogen) atoms. The third-order valence-corrected chi connectivity index (χ3v) is 5.38. The van der Waals surface area contributed by atoms with Crippen molar-refractivity contribution in [2.24, 2.45) is 0 Å². The zero-order chi connectivity index (χ0) is 26.0. The van der Waals surface area contributed by atoms with Gasteiger partial charge in [-0.15, -0.1) is 0 Å². The molecule has 2 aromatic carbocycles. The van der Waals surface area contributed by atoms with Gasteiger partial charge in [-0.05, 0) is 48.5 Å². The van der Waals surface area contributed by atoms with Gasteiger partial charge in [0.25, 0.3) is 0 Å². The third-order valence-electron chi connectivity index (χ3n) is 5.38. The van der Waals surface area contributed by atoms with E-state index in [1.54, 1.807) is 55.6 Å². The molecule has 12 heteroatoms. The maximum absolute atomic E-state index is 12.4. The highest BCUT2D eigenvalue weighted by Crippen LogP contribution is 2.23. The van der Waals surface area contributed by atoms with Crippen molar-refractivity contribution in [3.63, 3.8) is 0 Å². The highest BCUT2D eigenvalue weighted by Gasteiger charge is 2.18. The van der Waals surface area contributed by atoms with Gasteiger partial charge < -0.3 is 34.5 Å². The van der Waals surface area contributed by atoms with Gasteiger partial charge in [0.1, 0.15) is 6.61 Å². The Balaban J connectivity index is 1.44. The predicted molar refractivity (Wildman–Crippen MR) is 136 cm³/mol. The second kappa shape index (κ2) is 12.6. The molecule has 2 N–H and O–H groups in total. The van der Waals surface area contributed by atoms with E-state index in [2.05, 4.69) is 30.3 Å². The zero-order valence-electron chi connectivity index (χ0n) is 20.6. The van der Waals surface area contributed by atoms with Gasteiger partial charge in [0.15, 0.2) is 5.82 Å². The number of morpholine rings is 1. The number of methoxy groups -OCH3 is 2. The summed E-state index contributed by atoms with van der Waals surface area (Å²) in [6, 6.07) is 13.3. The van der Waals surface area contributed by atoms with Gasteiger partial charge in [-0.1, -0.05) is 0 Å². The lowest BCUT2D eigenvalue weighted by atomic mass is 10.2. The SMILES string of the molecule is COCCOc1nc(-c2ccc(NC(=O)Nc3ccc(C(=O)OC)cc3)cc2)nc(N2CCOCC2)n1. The number of carbonyl (C=O) groups is 2. The van der Waals surface area contributed by atoms with E-state index in [0.29, 0.717) is 68.2 Å². The molecule has 4 rings (SSSR count). The summed E-state index contributed by atoms with van der Waals surface area (Å²) in [7, 11) is 2.91. The van der Waals surface area contributed by atoms with Crippen LogP contribution in [0.3, 0.4) is 0 Å². The largest absolute Gasteiger partial charge is 0.465 e. The second-order valence-electron chi connectivity index (χ2n) is 7.91. The topological polar surface area (TPSA) is 137 Å². The average Bonchev–Trinajstić information content (AvgIpc) is 2.94. The number of esters is 1. The molecule has 0 aliphatic carbocycles. The van der Waals surface area contributed by atoms with Crippen LogP contribution in [-0.4, -0.2) is 80.7 Å². The van der Waals surface area contributed by atoms with E-state index in [4.69, 9.17) is 14.2 Å². The number of rotatable bonds is 9. The summed E-state index contributed by atoms with van der Waals surface area (Å²) in [6.45, 7) is 3.25. The van der Waals surface area contributed by atoms with Crippen molar-refractivity contribution < 1.29 is 28.5 Å². The van der Waals surface area contributed by atoms with Crippen LogP contribution in [0.5, 0.6) is 6.01 Å². The van der Waals surface area contributed by atoms with Crippen LogP contribution in [0.25, 0.3) is 11.4 Å². The molecule has 1 fully saturated rings. The number of benzene rings is 2. The number of aromatic nitrogens is 3. The molecular formula is C25H28N6O6. The lowest BCUT2D eigenvalue weighted by Gasteiger charge is -2.27. The van der Waals surface area contributed by atoms with E-state index in [0.717, 1.165) is 5.56 Å². The van der Waals surface area contributed by atoms with Crippen molar-refractivity contribution in [2.75, 3.05) is 69.3 Å². The third kappa shape index (κ3) is 7.12. The molecular weight excluding hydrogens is 480 g/mol. The minimum atomic E-state index is -0.444. The molecule has 0 unspecified atom stereocenters. The summed E-state index contributed by atoms with van der Waals surface area (Å²) in [5, 5.41) is 5.49. The molecule has 0 saturated carbocycles. The Labute approximate surface area is 213 Å². The number of hydrogen-bond acceptors (Lipinski definition) is 10. The first-order valence-corrected chi connectivity index (χ1v) is 11.6. The summed E-state index contributed by atoms with van der Waals surface area (Å²) in [5.74, 6) is 0.520. The standard InChI is InChI=1S/C25H28N6O6/c1-34-15-16-37-25-29-21(28-23(30-25)31-11-13-36-14-12-31)17-3-7-19(8-4-17)26-24(33)27-20-9-5-18(6-10-20)22(32)35-2/h3-10H,11-16H2,1-2H3,(H2,26,27,33). The van der Waals surface area contributed by atoms with Crippen molar-refractivity contribution in [3.05, 3.63) is 54.1 Å². The molecule has 1 saturated heterocycles. The van der Waals surface area contributed by atoms with Gasteiger partial charge in [0.05, 0.1) is 32.5 Å². The van der Waals surface area contributed by atoms with Crippen molar-refractivity contribution in [2.45, 2.75) is 0 Å². The molecule has 1 aliphatic rings. The molecule has 194 valence electrons. The number of nitrogens with zero attached hydrogens (tertiary/aromatic N) is 4. The van der Waals surface area contributed by atoms with Crippen molar-refractivity contribution in [1.29, 1.82) is 0 Å². The molecule has 2 amide bonds. The van der Waals surface area contributed by atoms with E-state index in [1.165, 1.54) is 7.11 Å². The fourth-order valence-electron chi connectivity index (χ4n) is 3.46. The molecule has 1 aliphatic heterocycles. The molecule has 12 nitrogen and oxygen atoms in total. The van der Waals surface area contributed by atoms with Crippen molar-refractivity contribution in [3.8, 4) is 17.4 Å². The first-order chi connectivity index (χ1) is 18.1. The fraction of sp³-hybridized carbons (Fsp3) is 0.320. The molecule has 2 heterocycles. The Morgan fingerprint density at radius 2 is 1.54 bits per heavy atom. The van der Waals surface area contributed by atoms with Crippen LogP contribution in [0.15, 0.2) is 48.5 Å². The van der Waals surface area contributed by atoms with Gasteiger partial charge in [0, 0.05) is 37.1 Å². The molecule has 0 bridgehead atoms. The van der Waals surface area contributed by atoms with Gasteiger partial charge in [-0.2, -0.15) is 15.0 Å². The fourth-order valence-corrected chi connectivity index (χ4v) is 3.46. The molecule has 0 atom stereocenters. The summed E-state index contributed by atoms with van der Waals surface area (Å²) in [4.78, 5) is 39.5. The van der Waals surface area contributed by atoms with Crippen LogP contribution in [0, 0.1) is 0 Å². The van der Waals surface area contributed by atoms with E-state index < -0.39 is 12.0 Å². The number of anilines is 3. The summed E-state index contributed by atoms with van der Waals surface area (Å²) in [6.07, 6.45) is 0. The van der Waals surface area contributed by atoms with Crippen LogP contribution < -0.4 is 20.3 Å². The number of hydrogen-bond donors (Lipinski definition) is 2. The van der Waals surface area contributed by atoms with Crippen molar-refractivity contribution in [1.82, 2.24) is 15.0 Å². The van der Waals surface area contributed by atoms with Crippen LogP contribution in [0.1, 0.15) is 10.4 Å². The minimum absolute atomic E-state index is 0.211. The monoisotopic (exact) mass is 508 g/mol. The van der Waals surface area contributed by atoms with E-state index in [1.807, 2.05) is 4.90 Å². The van der Waals surface area contributed by atoms with Gasteiger partial charge in [0.2, 0.25) is 5.95 Å². The molecule has 1 aromatic heterocycles. The maximum atomic E-state index is 12.4. The lowest BCUT2D eigenvalue weighted by Crippen LogP contribution is -2.37. The van der Waals surface area contributed by atoms with E-state index >= 15 is 0 Å². The van der Waals surface area contributed by atoms with Crippen LogP contribution in [0.4, 0.5) is 22.1 Å². The number of urea groups is 1. The Bertz CT molecular complexity index is 1200. The van der Waals surface area contributed by atoms with Gasteiger partial charge >= 0.3 is 18.0 Å². The Morgan fingerprint density at radius 3 is 2.16 bits per heavy atom. The first kappa shape index (κ1) is 25.8. The number of amides is 2. The van der Waals surface area contributed by atoms with Gasteiger partial charge in [-0.25, -0.2) is 9.59 Å². The Morgan fingerprint density at radius 1 is 0.892 bits per heavy atom. The normalized spacial score (nSPS) is 13.1. The van der Waals surface area contributed by atoms with Gasteiger partial charge in [-0.3, -0.25) is 0 Å². The number of nitrogens with one attached hydrogen (secondary N) is 2. The summed E-state index contributed by atoms with van der Waals surface area (Å²) < 4.78 is 20.8. The number of carbonyl (C=O) groups excluding carboxylic acids is 2. The van der Waals surface area contributed by atoms with Crippen molar-refractivity contribution >= 4 is 29.3 Å². The second-order valence-corrected chi connectivity index (χ2v) is 7.91. The molecule has 3 aromatic rings. The smallest absolute Gasteiger partial charge is 0.337 e. The predicted octanol–water partition coefficient (Wildman–Crippen LogP) is 2.83. The molecule has 0 spiro atoms. The van der Waals surface area contributed by atoms with Crippen LogP contribution in [0.2, 0.25) is 0 Å². The van der Waals surface area contributed by atoms with Crippen LogP contribution >= 0.6 is 0 Å². The maximum Gasteiger partial charge on any atom is 0.337 e.